The van der Waals surface area contributed by atoms with Gasteiger partial charge in [0, 0.05) is 5.54 Å². The third-order valence-corrected chi connectivity index (χ3v) is 7.45. The minimum atomic E-state index is -0.274. The van der Waals surface area contributed by atoms with Gasteiger partial charge in [-0.15, -0.1) is 0 Å². The molecule has 1 N–H and O–H groups in total. The smallest absolute Gasteiger partial charge is 0.233 e. The summed E-state index contributed by atoms with van der Waals surface area (Å²) in [7, 11) is 0. The normalized spacial score (nSPS) is 32.9. The van der Waals surface area contributed by atoms with Crippen LogP contribution in [0.1, 0.15) is 62.5 Å². The number of carbonyl (C=O) groups excluding carboxylic acids is 1. The van der Waals surface area contributed by atoms with E-state index >= 15 is 0 Å². The molecule has 1 heterocycles. The average Bonchev–Trinajstić information content (AvgIpc) is 2.52. The highest BCUT2D eigenvalue weighted by atomic mass is 32.2. The van der Waals surface area contributed by atoms with Crippen molar-refractivity contribution in [3.05, 3.63) is 17.1 Å². The van der Waals surface area contributed by atoms with E-state index in [1.807, 2.05) is 20.8 Å². The number of nitrogens with one attached hydrogen (secondary N) is 1. The topological polar surface area (TPSA) is 78.7 Å². The maximum atomic E-state index is 12.9. The summed E-state index contributed by atoms with van der Waals surface area (Å²) in [6.07, 6.45) is 7.55. The Morgan fingerprint density at radius 3 is 2.31 bits per heavy atom. The monoisotopic (exact) mass is 370 g/mol. The van der Waals surface area contributed by atoms with Crippen LogP contribution >= 0.6 is 11.8 Å². The van der Waals surface area contributed by atoms with Crippen LogP contribution in [0.3, 0.4) is 0 Å². The molecule has 0 radical (unpaired) electrons. The SMILES string of the molecule is Cc1nc(C)c(C#N)c(SC(C)C(=O)NC23CC4CC(CC(C4)C2)C3)n1. The van der Waals surface area contributed by atoms with Crippen LogP contribution in [0.25, 0.3) is 0 Å². The Bertz CT molecular complexity index is 749. The van der Waals surface area contributed by atoms with Crippen molar-refractivity contribution >= 4 is 17.7 Å². The van der Waals surface area contributed by atoms with Crippen molar-refractivity contribution < 1.29 is 4.79 Å². The van der Waals surface area contributed by atoms with Gasteiger partial charge >= 0.3 is 0 Å². The second-order valence-electron chi connectivity index (χ2n) is 8.60. The highest BCUT2D eigenvalue weighted by molar-refractivity contribution is 8.00. The Labute approximate surface area is 159 Å². The fourth-order valence-electron chi connectivity index (χ4n) is 5.74. The maximum Gasteiger partial charge on any atom is 0.233 e. The molecule has 138 valence electrons. The number of nitriles is 1. The molecule has 1 unspecified atom stereocenters. The van der Waals surface area contributed by atoms with Crippen LogP contribution in [0.4, 0.5) is 0 Å². The number of aryl methyl sites for hydroxylation is 2. The maximum absolute atomic E-state index is 12.9. The Kier molecular flexibility index (Phi) is 4.46. The lowest BCUT2D eigenvalue weighted by molar-refractivity contribution is -0.126. The van der Waals surface area contributed by atoms with Gasteiger partial charge in [-0.1, -0.05) is 11.8 Å². The molecule has 26 heavy (non-hydrogen) atoms. The molecule has 0 aliphatic heterocycles. The van der Waals surface area contributed by atoms with E-state index in [-0.39, 0.29) is 16.7 Å². The summed E-state index contributed by atoms with van der Waals surface area (Å²) < 4.78 is 0. The molecule has 0 aromatic carbocycles. The number of nitrogens with zero attached hydrogens (tertiary/aromatic N) is 3. The van der Waals surface area contributed by atoms with Gasteiger partial charge in [0.1, 0.15) is 22.5 Å². The first-order valence-corrected chi connectivity index (χ1v) is 10.5. The van der Waals surface area contributed by atoms with Gasteiger partial charge in [0.2, 0.25) is 5.91 Å². The van der Waals surface area contributed by atoms with Gasteiger partial charge in [0.05, 0.1) is 10.9 Å². The Balaban J connectivity index is 1.47. The van der Waals surface area contributed by atoms with Crippen LogP contribution in [-0.4, -0.2) is 26.7 Å². The van der Waals surface area contributed by atoms with Gasteiger partial charge in [-0.2, -0.15) is 5.26 Å². The van der Waals surface area contributed by atoms with E-state index < -0.39 is 0 Å². The van der Waals surface area contributed by atoms with E-state index in [0.717, 1.165) is 37.0 Å². The molecule has 4 bridgehead atoms. The third kappa shape index (κ3) is 3.22. The van der Waals surface area contributed by atoms with E-state index in [4.69, 9.17) is 0 Å². The number of rotatable bonds is 4. The molecule has 1 amide bonds. The first-order chi connectivity index (χ1) is 12.4. The molecule has 1 aromatic heterocycles. The lowest BCUT2D eigenvalue weighted by Crippen LogP contribution is -2.60. The molecule has 4 saturated carbocycles. The number of amides is 1. The average molecular weight is 371 g/mol. The van der Waals surface area contributed by atoms with Crippen molar-refractivity contribution in [1.29, 1.82) is 5.26 Å². The molecule has 4 fully saturated rings. The van der Waals surface area contributed by atoms with Gasteiger partial charge in [0.25, 0.3) is 0 Å². The van der Waals surface area contributed by atoms with Gasteiger partial charge in [-0.25, -0.2) is 9.97 Å². The quantitative estimate of drug-likeness (QED) is 0.648. The van der Waals surface area contributed by atoms with Crippen molar-refractivity contribution in [2.75, 3.05) is 0 Å². The summed E-state index contributed by atoms with van der Waals surface area (Å²) in [5.41, 5.74) is 1.18. The highest BCUT2D eigenvalue weighted by Gasteiger charge is 2.51. The van der Waals surface area contributed by atoms with E-state index in [1.54, 1.807) is 0 Å². The summed E-state index contributed by atoms with van der Waals surface area (Å²) in [4.78, 5) is 21.6. The van der Waals surface area contributed by atoms with E-state index in [2.05, 4.69) is 21.4 Å². The fraction of sp³-hybridized carbons (Fsp3) is 0.700. The second kappa shape index (κ2) is 6.53. The molecular weight excluding hydrogens is 344 g/mol. The zero-order valence-electron chi connectivity index (χ0n) is 15.7. The van der Waals surface area contributed by atoms with E-state index in [0.29, 0.717) is 22.1 Å². The molecule has 5 nitrogen and oxygen atoms in total. The van der Waals surface area contributed by atoms with Crippen molar-refractivity contribution in [3.8, 4) is 6.07 Å². The standard InChI is InChI=1S/C20H26N4OS/c1-11-17(10-21)19(23-13(3)22-11)26-12(2)18(25)24-20-7-14-4-15(8-20)6-16(5-14)9-20/h12,14-16H,4-9H2,1-3H3,(H,24,25). The zero-order chi connectivity index (χ0) is 18.5. The minimum Gasteiger partial charge on any atom is -0.350 e. The van der Waals surface area contributed by atoms with Gasteiger partial charge in [0.15, 0.2) is 0 Å². The number of aromatic nitrogens is 2. The lowest BCUT2D eigenvalue weighted by atomic mass is 9.53. The molecule has 0 saturated heterocycles. The number of thioether (sulfide) groups is 1. The molecule has 0 spiro atoms. The van der Waals surface area contributed by atoms with Crippen molar-refractivity contribution in [3.63, 3.8) is 0 Å². The largest absolute Gasteiger partial charge is 0.350 e. The molecule has 4 aliphatic carbocycles. The Morgan fingerprint density at radius 1 is 1.19 bits per heavy atom. The van der Waals surface area contributed by atoms with Crippen molar-refractivity contribution in [1.82, 2.24) is 15.3 Å². The number of carbonyl (C=O) groups is 1. The summed E-state index contributed by atoms with van der Waals surface area (Å²) in [6, 6.07) is 2.18. The predicted octanol–water partition coefficient (Wildman–Crippen LogP) is 3.53. The summed E-state index contributed by atoms with van der Waals surface area (Å²) in [5.74, 6) is 3.14. The molecule has 5 rings (SSSR count). The number of hydrogen-bond acceptors (Lipinski definition) is 5. The molecular formula is C20H26N4OS. The van der Waals surface area contributed by atoms with E-state index in [1.165, 1.54) is 31.0 Å². The van der Waals surface area contributed by atoms with Crippen LogP contribution in [-0.2, 0) is 4.79 Å². The summed E-state index contributed by atoms with van der Waals surface area (Å²) in [6.45, 7) is 5.55. The van der Waals surface area contributed by atoms with Crippen LogP contribution in [0, 0.1) is 42.9 Å². The van der Waals surface area contributed by atoms with Crippen LogP contribution in [0.2, 0.25) is 0 Å². The highest BCUT2D eigenvalue weighted by Crippen LogP contribution is 2.55. The molecule has 1 aromatic rings. The van der Waals surface area contributed by atoms with Crippen molar-refractivity contribution in [2.24, 2.45) is 17.8 Å². The lowest BCUT2D eigenvalue weighted by Gasteiger charge is -2.57. The van der Waals surface area contributed by atoms with Crippen molar-refractivity contribution in [2.45, 2.75) is 75.1 Å². The van der Waals surface area contributed by atoms with E-state index in [9.17, 15) is 10.1 Å². The Hall–Kier alpha value is -1.61. The summed E-state index contributed by atoms with van der Waals surface area (Å²) >= 11 is 1.37. The minimum absolute atomic E-state index is 0.0240. The molecule has 4 aliphatic rings. The van der Waals surface area contributed by atoms with Crippen LogP contribution in [0.5, 0.6) is 0 Å². The van der Waals surface area contributed by atoms with Crippen LogP contribution < -0.4 is 5.32 Å². The van der Waals surface area contributed by atoms with Gasteiger partial charge in [-0.3, -0.25) is 4.79 Å². The first-order valence-electron chi connectivity index (χ1n) is 9.61. The second-order valence-corrected chi connectivity index (χ2v) is 9.92. The van der Waals surface area contributed by atoms with Crippen LogP contribution in [0.15, 0.2) is 5.03 Å². The Morgan fingerprint density at radius 2 is 1.77 bits per heavy atom. The molecule has 1 atom stereocenters. The predicted molar refractivity (Wildman–Crippen MR) is 101 cm³/mol. The summed E-state index contributed by atoms with van der Waals surface area (Å²) in [5, 5.41) is 13.2. The number of hydrogen-bond donors (Lipinski definition) is 1. The zero-order valence-corrected chi connectivity index (χ0v) is 16.5. The fourth-order valence-corrected chi connectivity index (χ4v) is 6.74. The third-order valence-electron chi connectivity index (χ3n) is 6.36. The molecule has 6 heteroatoms. The first kappa shape index (κ1) is 17.8. The van der Waals surface area contributed by atoms with Gasteiger partial charge < -0.3 is 5.32 Å². The van der Waals surface area contributed by atoms with Gasteiger partial charge in [-0.05, 0) is 77.0 Å².